The number of carbonyl (C=O) groups is 1. The third-order valence-electron chi connectivity index (χ3n) is 4.06. The first-order chi connectivity index (χ1) is 10.3. The maximum atomic E-state index is 11.0. The van der Waals surface area contributed by atoms with Crippen molar-refractivity contribution in [3.63, 3.8) is 0 Å². The van der Waals surface area contributed by atoms with Crippen molar-refractivity contribution in [2.45, 2.75) is 96.3 Å². The van der Waals surface area contributed by atoms with Crippen LogP contribution in [0.1, 0.15) is 96.3 Å². The van der Waals surface area contributed by atoms with Crippen LogP contribution in [0, 0.1) is 0 Å². The zero-order chi connectivity index (χ0) is 15.6. The lowest BCUT2D eigenvalue weighted by Crippen LogP contribution is -1.98. The first-order valence-electron chi connectivity index (χ1n) is 9.09. The molecule has 0 atom stereocenters. The van der Waals surface area contributed by atoms with E-state index >= 15 is 0 Å². The predicted molar refractivity (Wildman–Crippen MR) is 94.0 cm³/mol. The maximum Gasteiger partial charge on any atom is 0.147 e. The summed E-state index contributed by atoms with van der Waals surface area (Å²) in [7, 11) is 0. The number of carbonyl (C=O) groups excluding carboxylic acids is 1. The molecular weight excluding hydrogens is 282 g/mol. The molecule has 0 unspecified atom stereocenters. The molecule has 0 aromatic rings. The average molecular weight is 318 g/mol. The van der Waals surface area contributed by atoms with Crippen molar-refractivity contribution in [3.8, 4) is 0 Å². The molecule has 0 fully saturated rings. The molecule has 126 valence electrons. The minimum absolute atomic E-state index is 0.188. The van der Waals surface area contributed by atoms with Crippen molar-refractivity contribution < 1.29 is 4.79 Å². The number of halogens is 1. The molecule has 0 aromatic carbocycles. The van der Waals surface area contributed by atoms with Crippen LogP contribution < -0.4 is 5.73 Å². The number of nitrogens with two attached hydrogens (primary N) is 1. The topological polar surface area (TPSA) is 43.1 Å². The van der Waals surface area contributed by atoms with Crippen LogP contribution in [0.15, 0.2) is 0 Å². The summed E-state index contributed by atoms with van der Waals surface area (Å²) in [6.07, 6.45) is 19.1. The molecule has 2 nitrogen and oxygen atoms in total. The Morgan fingerprint density at radius 1 is 0.619 bits per heavy atom. The van der Waals surface area contributed by atoms with Crippen molar-refractivity contribution in [1.29, 1.82) is 0 Å². The summed E-state index contributed by atoms with van der Waals surface area (Å²) in [6.45, 7) is 0.850. The number of hydrogen-bond donors (Lipinski definition) is 1. The Kier molecular flexibility index (Phi) is 17.9. The van der Waals surface area contributed by atoms with E-state index in [9.17, 15) is 4.79 Å². The second-order valence-electron chi connectivity index (χ2n) is 6.16. The normalized spacial score (nSPS) is 11.0. The Balaban J connectivity index is 2.98. The highest BCUT2D eigenvalue weighted by molar-refractivity contribution is 6.27. The lowest BCUT2D eigenvalue weighted by atomic mass is 10.0. The molecule has 21 heavy (non-hydrogen) atoms. The van der Waals surface area contributed by atoms with E-state index in [0.717, 1.165) is 13.0 Å². The van der Waals surface area contributed by atoms with Gasteiger partial charge >= 0.3 is 0 Å². The summed E-state index contributed by atoms with van der Waals surface area (Å²) in [5.41, 5.74) is 5.48. The van der Waals surface area contributed by atoms with Crippen LogP contribution in [0.4, 0.5) is 0 Å². The summed E-state index contributed by atoms with van der Waals surface area (Å²) in [6, 6.07) is 0. The molecule has 0 amide bonds. The molecule has 0 bridgehead atoms. The van der Waals surface area contributed by atoms with Crippen molar-refractivity contribution >= 4 is 17.4 Å². The first-order valence-corrected chi connectivity index (χ1v) is 9.62. The maximum absolute atomic E-state index is 11.0. The fourth-order valence-electron chi connectivity index (χ4n) is 2.65. The van der Waals surface area contributed by atoms with E-state index in [1.54, 1.807) is 0 Å². The number of Topliss-reactive ketones (excluding diaryl/α,β-unsaturated/α-hetero) is 1. The highest BCUT2D eigenvalue weighted by atomic mass is 35.5. The SMILES string of the molecule is NCCCCCCCCCCCCCCCCC(=O)CCl. The van der Waals surface area contributed by atoms with Gasteiger partial charge in [-0.3, -0.25) is 4.79 Å². The summed E-state index contributed by atoms with van der Waals surface area (Å²) in [4.78, 5) is 11.0. The van der Waals surface area contributed by atoms with E-state index in [1.807, 2.05) is 0 Å². The van der Waals surface area contributed by atoms with E-state index in [0.29, 0.717) is 6.42 Å². The molecule has 0 aliphatic carbocycles. The Morgan fingerprint density at radius 2 is 0.952 bits per heavy atom. The van der Waals surface area contributed by atoms with Crippen LogP contribution in [-0.4, -0.2) is 18.2 Å². The predicted octanol–water partition coefficient (Wildman–Crippen LogP) is 5.60. The Hall–Kier alpha value is -0.0800. The molecule has 3 heteroatoms. The van der Waals surface area contributed by atoms with Crippen LogP contribution >= 0.6 is 11.6 Å². The molecule has 0 rings (SSSR count). The highest BCUT2D eigenvalue weighted by Gasteiger charge is 1.98. The molecule has 2 N–H and O–H groups in total. The standard InChI is InChI=1S/C18H36ClNO/c19-17-18(21)15-13-11-9-7-5-3-1-2-4-6-8-10-12-14-16-20/h1-17,20H2. The summed E-state index contributed by atoms with van der Waals surface area (Å²) in [5.74, 6) is 0.382. The number of alkyl halides is 1. The van der Waals surface area contributed by atoms with E-state index in [2.05, 4.69) is 0 Å². The largest absolute Gasteiger partial charge is 0.330 e. The lowest BCUT2D eigenvalue weighted by Gasteiger charge is -2.03. The van der Waals surface area contributed by atoms with Crippen LogP contribution in [0.2, 0.25) is 0 Å². The molecular formula is C18H36ClNO. The molecule has 0 aliphatic heterocycles. The minimum atomic E-state index is 0.188. The Bertz CT molecular complexity index is 221. The Labute approximate surface area is 137 Å². The van der Waals surface area contributed by atoms with Crippen molar-refractivity contribution in [3.05, 3.63) is 0 Å². The number of unbranched alkanes of at least 4 members (excludes halogenated alkanes) is 13. The van der Waals surface area contributed by atoms with Gasteiger partial charge < -0.3 is 5.73 Å². The lowest BCUT2D eigenvalue weighted by molar-refractivity contribution is -0.116. The van der Waals surface area contributed by atoms with Crippen LogP contribution in [0.3, 0.4) is 0 Å². The highest BCUT2D eigenvalue weighted by Crippen LogP contribution is 2.13. The van der Waals surface area contributed by atoms with Gasteiger partial charge in [-0.1, -0.05) is 77.0 Å². The van der Waals surface area contributed by atoms with Gasteiger partial charge in [-0.05, 0) is 19.4 Å². The molecule has 0 aliphatic rings. The Morgan fingerprint density at radius 3 is 1.29 bits per heavy atom. The minimum Gasteiger partial charge on any atom is -0.330 e. The van der Waals surface area contributed by atoms with Gasteiger partial charge in [-0.25, -0.2) is 0 Å². The summed E-state index contributed by atoms with van der Waals surface area (Å²) >= 11 is 5.46. The van der Waals surface area contributed by atoms with Crippen LogP contribution in [0.25, 0.3) is 0 Å². The zero-order valence-electron chi connectivity index (χ0n) is 13.9. The van der Waals surface area contributed by atoms with Crippen molar-refractivity contribution in [1.82, 2.24) is 0 Å². The first kappa shape index (κ1) is 20.9. The zero-order valence-corrected chi connectivity index (χ0v) is 14.6. The van der Waals surface area contributed by atoms with Crippen molar-refractivity contribution in [2.75, 3.05) is 12.4 Å². The van der Waals surface area contributed by atoms with E-state index in [1.165, 1.54) is 83.5 Å². The van der Waals surface area contributed by atoms with Gasteiger partial charge in [0, 0.05) is 6.42 Å². The van der Waals surface area contributed by atoms with Gasteiger partial charge in [-0.15, -0.1) is 11.6 Å². The second kappa shape index (κ2) is 18.0. The molecule has 0 radical (unpaired) electrons. The summed E-state index contributed by atoms with van der Waals surface area (Å²) in [5, 5.41) is 0. The van der Waals surface area contributed by atoms with E-state index in [4.69, 9.17) is 17.3 Å². The van der Waals surface area contributed by atoms with Gasteiger partial charge in [0.1, 0.15) is 5.78 Å². The van der Waals surface area contributed by atoms with Gasteiger partial charge in [0.2, 0.25) is 0 Å². The van der Waals surface area contributed by atoms with E-state index in [-0.39, 0.29) is 11.7 Å². The monoisotopic (exact) mass is 317 g/mol. The molecule has 0 heterocycles. The van der Waals surface area contributed by atoms with Gasteiger partial charge in [0.05, 0.1) is 5.88 Å². The fraction of sp³-hybridized carbons (Fsp3) is 0.944. The number of rotatable bonds is 17. The van der Waals surface area contributed by atoms with Crippen LogP contribution in [0.5, 0.6) is 0 Å². The van der Waals surface area contributed by atoms with Gasteiger partial charge in [-0.2, -0.15) is 0 Å². The third-order valence-corrected chi connectivity index (χ3v) is 4.36. The molecule has 0 saturated carbocycles. The number of ketones is 1. The van der Waals surface area contributed by atoms with Gasteiger partial charge in [0.15, 0.2) is 0 Å². The van der Waals surface area contributed by atoms with Crippen molar-refractivity contribution in [2.24, 2.45) is 5.73 Å². The van der Waals surface area contributed by atoms with Gasteiger partial charge in [0.25, 0.3) is 0 Å². The quantitative estimate of drug-likeness (QED) is 0.280. The fourth-order valence-corrected chi connectivity index (χ4v) is 2.79. The molecule has 0 saturated heterocycles. The third kappa shape index (κ3) is 17.9. The molecule has 0 aromatic heterocycles. The number of hydrogen-bond acceptors (Lipinski definition) is 2. The smallest absolute Gasteiger partial charge is 0.147 e. The van der Waals surface area contributed by atoms with Crippen LogP contribution in [-0.2, 0) is 4.79 Å². The van der Waals surface area contributed by atoms with E-state index < -0.39 is 0 Å². The second-order valence-corrected chi connectivity index (χ2v) is 6.43. The summed E-state index contributed by atoms with van der Waals surface area (Å²) < 4.78 is 0. The molecule has 0 spiro atoms. The average Bonchev–Trinajstić information content (AvgIpc) is 2.50.